The minimum Gasteiger partial charge on any atom is -0.393 e. The average molecular weight is 152 g/mol. The molecule has 2 heteroatoms. The van der Waals surface area contributed by atoms with Gasteiger partial charge in [-0.15, -0.1) is 0 Å². The Labute approximate surface area is 66.1 Å². The van der Waals surface area contributed by atoms with Gasteiger partial charge in [-0.05, 0) is 18.1 Å². The zero-order valence-corrected chi connectivity index (χ0v) is 6.49. The van der Waals surface area contributed by atoms with Gasteiger partial charge in [0.15, 0.2) is 0 Å². The summed E-state index contributed by atoms with van der Waals surface area (Å²) in [5, 5.41) is 17.9. The Kier molecular flexibility index (Phi) is 2.63. The van der Waals surface area contributed by atoms with Gasteiger partial charge in [0.25, 0.3) is 0 Å². The molecule has 0 aliphatic rings. The number of aliphatic hydroxyl groups is 2. The molecule has 1 rings (SSSR count). The van der Waals surface area contributed by atoms with Crippen LogP contribution in [0.2, 0.25) is 0 Å². The quantitative estimate of drug-likeness (QED) is 0.664. The third kappa shape index (κ3) is 1.79. The maximum absolute atomic E-state index is 9.26. The second kappa shape index (κ2) is 3.51. The van der Waals surface area contributed by atoms with Crippen molar-refractivity contribution >= 4 is 0 Å². The summed E-state index contributed by atoms with van der Waals surface area (Å²) in [7, 11) is 0. The van der Waals surface area contributed by atoms with E-state index in [1.54, 1.807) is 0 Å². The first-order chi connectivity index (χ1) is 5.25. The Morgan fingerprint density at radius 1 is 1.36 bits per heavy atom. The van der Waals surface area contributed by atoms with Crippen molar-refractivity contribution in [3.63, 3.8) is 0 Å². The van der Waals surface area contributed by atoms with Gasteiger partial charge in [-0.3, -0.25) is 0 Å². The smallest absolute Gasteiger partial charge is 0.102 e. The molecule has 0 saturated carbocycles. The van der Waals surface area contributed by atoms with E-state index in [2.05, 4.69) is 0 Å². The summed E-state index contributed by atoms with van der Waals surface area (Å²) in [5.41, 5.74) is 1.81. The normalized spacial score (nSPS) is 13.0. The summed E-state index contributed by atoms with van der Waals surface area (Å²) < 4.78 is 0. The predicted octanol–water partition coefficient (Wildman–Crippen LogP) is 1.02. The van der Waals surface area contributed by atoms with E-state index in [-0.39, 0.29) is 6.61 Å². The molecule has 0 aromatic heterocycles. The van der Waals surface area contributed by atoms with Gasteiger partial charge in [-0.2, -0.15) is 0 Å². The van der Waals surface area contributed by atoms with Crippen molar-refractivity contribution in [2.75, 3.05) is 6.61 Å². The molecule has 1 atom stereocenters. The van der Waals surface area contributed by atoms with E-state index in [1.807, 2.05) is 31.2 Å². The highest BCUT2D eigenvalue weighted by Gasteiger charge is 2.06. The molecule has 0 saturated heterocycles. The summed E-state index contributed by atoms with van der Waals surface area (Å²) >= 11 is 0. The molecule has 0 heterocycles. The lowest BCUT2D eigenvalue weighted by Gasteiger charge is -2.09. The van der Waals surface area contributed by atoms with E-state index in [1.165, 1.54) is 0 Å². The Hall–Kier alpha value is -0.860. The molecule has 0 bridgehead atoms. The molecule has 60 valence electrons. The van der Waals surface area contributed by atoms with Crippen LogP contribution in [0.25, 0.3) is 0 Å². The summed E-state index contributed by atoms with van der Waals surface area (Å²) in [6, 6.07) is 7.48. The molecule has 0 fully saturated rings. The van der Waals surface area contributed by atoms with E-state index in [0.29, 0.717) is 0 Å². The van der Waals surface area contributed by atoms with Crippen LogP contribution in [-0.2, 0) is 0 Å². The Bertz CT molecular complexity index is 233. The Morgan fingerprint density at radius 2 is 2.00 bits per heavy atom. The lowest BCUT2D eigenvalue weighted by molar-refractivity contribution is 0.0951. The van der Waals surface area contributed by atoms with Crippen LogP contribution in [0, 0.1) is 6.92 Å². The molecular weight excluding hydrogens is 140 g/mol. The monoisotopic (exact) mass is 152 g/mol. The molecule has 1 aromatic carbocycles. The Balaban J connectivity index is 2.93. The van der Waals surface area contributed by atoms with Crippen molar-refractivity contribution < 1.29 is 10.2 Å². The van der Waals surface area contributed by atoms with Crippen LogP contribution in [0.1, 0.15) is 17.2 Å². The van der Waals surface area contributed by atoms with Gasteiger partial charge in [0.05, 0.1) is 6.61 Å². The van der Waals surface area contributed by atoms with Gasteiger partial charge in [0, 0.05) is 0 Å². The van der Waals surface area contributed by atoms with Crippen LogP contribution in [0.5, 0.6) is 0 Å². The minimum absolute atomic E-state index is 0.217. The molecule has 0 spiro atoms. The van der Waals surface area contributed by atoms with Crippen LogP contribution < -0.4 is 0 Å². The zero-order valence-electron chi connectivity index (χ0n) is 6.49. The summed E-state index contributed by atoms with van der Waals surface area (Å²) in [6.07, 6.45) is -0.740. The van der Waals surface area contributed by atoms with Crippen molar-refractivity contribution in [3.8, 4) is 0 Å². The number of rotatable bonds is 2. The SMILES string of the molecule is Cc1ccccc1[C@H](O)CO. The van der Waals surface area contributed by atoms with E-state index in [0.717, 1.165) is 11.1 Å². The first kappa shape index (κ1) is 8.24. The van der Waals surface area contributed by atoms with E-state index >= 15 is 0 Å². The van der Waals surface area contributed by atoms with Crippen LogP contribution in [0.4, 0.5) is 0 Å². The van der Waals surface area contributed by atoms with Crippen molar-refractivity contribution in [3.05, 3.63) is 35.4 Å². The lowest BCUT2D eigenvalue weighted by atomic mass is 10.0. The van der Waals surface area contributed by atoms with Crippen LogP contribution in [0.3, 0.4) is 0 Å². The van der Waals surface area contributed by atoms with Crippen molar-refractivity contribution in [1.29, 1.82) is 0 Å². The molecule has 0 aliphatic carbocycles. The van der Waals surface area contributed by atoms with Gasteiger partial charge >= 0.3 is 0 Å². The average Bonchev–Trinajstić information content (AvgIpc) is 2.04. The zero-order chi connectivity index (χ0) is 8.27. The maximum Gasteiger partial charge on any atom is 0.102 e. The van der Waals surface area contributed by atoms with Crippen molar-refractivity contribution in [2.45, 2.75) is 13.0 Å². The fraction of sp³-hybridized carbons (Fsp3) is 0.333. The van der Waals surface area contributed by atoms with Crippen molar-refractivity contribution in [1.82, 2.24) is 0 Å². The van der Waals surface area contributed by atoms with Gasteiger partial charge in [0.2, 0.25) is 0 Å². The first-order valence-electron chi connectivity index (χ1n) is 3.60. The molecule has 0 aliphatic heterocycles. The molecule has 2 N–H and O–H groups in total. The third-order valence-corrected chi connectivity index (χ3v) is 1.72. The standard InChI is InChI=1S/C9H12O2/c1-7-4-2-3-5-8(7)9(11)6-10/h2-5,9-11H,6H2,1H3/t9-/m1/s1. The summed E-state index contributed by atoms with van der Waals surface area (Å²) in [6.45, 7) is 1.69. The third-order valence-electron chi connectivity index (χ3n) is 1.72. The van der Waals surface area contributed by atoms with Crippen LogP contribution in [-0.4, -0.2) is 16.8 Å². The van der Waals surface area contributed by atoms with Crippen LogP contribution in [0.15, 0.2) is 24.3 Å². The Morgan fingerprint density at radius 3 is 2.55 bits per heavy atom. The molecule has 0 radical (unpaired) electrons. The highest BCUT2D eigenvalue weighted by Crippen LogP contribution is 2.15. The van der Waals surface area contributed by atoms with Crippen LogP contribution >= 0.6 is 0 Å². The molecular formula is C9H12O2. The number of aliphatic hydroxyl groups excluding tert-OH is 2. The largest absolute Gasteiger partial charge is 0.393 e. The molecule has 0 amide bonds. The van der Waals surface area contributed by atoms with Gasteiger partial charge < -0.3 is 10.2 Å². The van der Waals surface area contributed by atoms with Gasteiger partial charge in [0.1, 0.15) is 6.10 Å². The fourth-order valence-corrected chi connectivity index (χ4v) is 1.06. The second-order valence-corrected chi connectivity index (χ2v) is 2.55. The number of hydrogen-bond donors (Lipinski definition) is 2. The number of benzene rings is 1. The van der Waals surface area contributed by atoms with Gasteiger partial charge in [-0.1, -0.05) is 24.3 Å². The lowest BCUT2D eigenvalue weighted by Crippen LogP contribution is -2.03. The predicted molar refractivity (Wildman–Crippen MR) is 43.2 cm³/mol. The molecule has 1 aromatic rings. The van der Waals surface area contributed by atoms with E-state index in [9.17, 15) is 5.11 Å². The highest BCUT2D eigenvalue weighted by atomic mass is 16.3. The van der Waals surface area contributed by atoms with Crippen molar-refractivity contribution in [2.24, 2.45) is 0 Å². The molecule has 11 heavy (non-hydrogen) atoms. The van der Waals surface area contributed by atoms with E-state index < -0.39 is 6.10 Å². The molecule has 0 unspecified atom stereocenters. The maximum atomic E-state index is 9.26. The second-order valence-electron chi connectivity index (χ2n) is 2.55. The topological polar surface area (TPSA) is 40.5 Å². The minimum atomic E-state index is -0.740. The highest BCUT2D eigenvalue weighted by molar-refractivity contribution is 5.27. The number of hydrogen-bond acceptors (Lipinski definition) is 2. The first-order valence-corrected chi connectivity index (χ1v) is 3.60. The fourth-order valence-electron chi connectivity index (χ4n) is 1.06. The summed E-state index contributed by atoms with van der Waals surface area (Å²) in [4.78, 5) is 0. The van der Waals surface area contributed by atoms with Gasteiger partial charge in [-0.25, -0.2) is 0 Å². The molecule has 2 nitrogen and oxygen atoms in total. The summed E-state index contributed by atoms with van der Waals surface area (Å²) in [5.74, 6) is 0. The van der Waals surface area contributed by atoms with E-state index in [4.69, 9.17) is 5.11 Å². The number of aryl methyl sites for hydroxylation is 1.